The summed E-state index contributed by atoms with van der Waals surface area (Å²) in [4.78, 5) is 0. The quantitative estimate of drug-likeness (QED) is 0.848. The second-order valence-corrected chi connectivity index (χ2v) is 5.84. The van der Waals surface area contributed by atoms with Crippen LogP contribution in [0.15, 0.2) is 36.7 Å². The molecule has 0 aliphatic carbocycles. The highest BCUT2D eigenvalue weighted by molar-refractivity contribution is 5.22. The molecule has 0 aliphatic heterocycles. The van der Waals surface area contributed by atoms with Gasteiger partial charge in [0.2, 0.25) is 0 Å². The molecule has 3 nitrogen and oxygen atoms in total. The predicted octanol–water partition coefficient (Wildman–Crippen LogP) is 3.27. The monoisotopic (exact) mass is 289 g/mol. The first-order chi connectivity index (χ1) is 10.1. The number of nitrogens with one attached hydrogen (secondary N) is 1. The van der Waals surface area contributed by atoms with Gasteiger partial charge in [-0.1, -0.05) is 32.0 Å². The molecule has 114 valence electrons. The van der Waals surface area contributed by atoms with Crippen molar-refractivity contribution in [1.82, 2.24) is 15.1 Å². The average molecular weight is 289 g/mol. The molecule has 1 unspecified atom stereocenters. The molecule has 1 aromatic carbocycles. The van der Waals surface area contributed by atoms with E-state index in [0.717, 1.165) is 24.9 Å². The van der Waals surface area contributed by atoms with Gasteiger partial charge in [0.05, 0.1) is 6.20 Å². The lowest BCUT2D eigenvalue weighted by molar-refractivity contribution is 0.488. The van der Waals surface area contributed by atoms with E-state index in [1.165, 1.54) is 5.56 Å². The second kappa shape index (κ2) is 7.36. The lowest BCUT2D eigenvalue weighted by Crippen LogP contribution is -2.28. The van der Waals surface area contributed by atoms with E-state index in [0.29, 0.717) is 6.04 Å². The summed E-state index contributed by atoms with van der Waals surface area (Å²) in [5.74, 6) is 0.0630. The van der Waals surface area contributed by atoms with Crippen LogP contribution < -0.4 is 5.32 Å². The summed E-state index contributed by atoms with van der Waals surface area (Å²) in [5.41, 5.74) is 2.00. The molecule has 1 heterocycles. The molecule has 1 aromatic heterocycles. The smallest absolute Gasteiger partial charge is 0.126 e. The molecule has 0 fully saturated rings. The minimum Gasteiger partial charge on any atom is -0.314 e. The van der Waals surface area contributed by atoms with Crippen LogP contribution in [-0.2, 0) is 13.5 Å². The summed E-state index contributed by atoms with van der Waals surface area (Å²) in [6, 6.07) is 7.49. The number of hydrogen-bond donors (Lipinski definition) is 1. The molecule has 21 heavy (non-hydrogen) atoms. The van der Waals surface area contributed by atoms with E-state index in [-0.39, 0.29) is 11.7 Å². The number of aromatic nitrogens is 2. The maximum atomic E-state index is 14.0. The Labute approximate surface area is 126 Å². The Hall–Kier alpha value is -1.68. The molecular weight excluding hydrogens is 265 g/mol. The van der Waals surface area contributed by atoms with E-state index < -0.39 is 0 Å². The Balaban J connectivity index is 2.06. The molecule has 2 aromatic rings. The van der Waals surface area contributed by atoms with E-state index in [2.05, 4.69) is 24.3 Å². The molecule has 1 atom stereocenters. The number of halogens is 1. The summed E-state index contributed by atoms with van der Waals surface area (Å²) in [6.07, 6.45) is 5.72. The van der Waals surface area contributed by atoms with E-state index >= 15 is 0 Å². The van der Waals surface area contributed by atoms with E-state index in [1.54, 1.807) is 16.8 Å². The Bertz CT molecular complexity index is 563. The molecule has 2 rings (SSSR count). The van der Waals surface area contributed by atoms with E-state index in [4.69, 9.17) is 0 Å². The molecule has 1 N–H and O–H groups in total. The second-order valence-electron chi connectivity index (χ2n) is 5.84. The zero-order valence-corrected chi connectivity index (χ0v) is 13.0. The first-order valence-electron chi connectivity index (χ1n) is 7.51. The van der Waals surface area contributed by atoms with Crippen molar-refractivity contribution in [1.29, 1.82) is 0 Å². The molecule has 4 heteroatoms. The van der Waals surface area contributed by atoms with Crippen molar-refractivity contribution in [3.63, 3.8) is 0 Å². The number of rotatable bonds is 7. The highest BCUT2D eigenvalue weighted by atomic mass is 19.1. The van der Waals surface area contributed by atoms with Crippen molar-refractivity contribution >= 4 is 0 Å². The van der Waals surface area contributed by atoms with Crippen molar-refractivity contribution < 1.29 is 4.39 Å². The third-order valence-corrected chi connectivity index (χ3v) is 3.66. The molecule has 0 saturated carbocycles. The molecule has 0 aliphatic rings. The normalized spacial score (nSPS) is 12.8. The van der Waals surface area contributed by atoms with Gasteiger partial charge in [0.15, 0.2) is 0 Å². The minimum absolute atomic E-state index is 0.112. The fourth-order valence-corrected chi connectivity index (χ4v) is 2.49. The van der Waals surface area contributed by atoms with Crippen molar-refractivity contribution in [2.75, 3.05) is 6.54 Å². The summed E-state index contributed by atoms with van der Waals surface area (Å²) in [5, 5.41) is 7.61. The fourth-order valence-electron chi connectivity index (χ4n) is 2.49. The number of hydrogen-bond acceptors (Lipinski definition) is 2. The number of aryl methyl sites for hydroxylation is 2. The van der Waals surface area contributed by atoms with Crippen molar-refractivity contribution in [3.8, 4) is 0 Å². The van der Waals surface area contributed by atoms with Crippen molar-refractivity contribution in [3.05, 3.63) is 53.6 Å². The van der Waals surface area contributed by atoms with Gasteiger partial charge < -0.3 is 5.32 Å². The molecule has 0 radical (unpaired) electrons. The number of benzene rings is 1. The first-order valence-corrected chi connectivity index (χ1v) is 7.51. The topological polar surface area (TPSA) is 29.9 Å². The summed E-state index contributed by atoms with van der Waals surface area (Å²) < 4.78 is 15.9. The zero-order chi connectivity index (χ0) is 15.2. The zero-order valence-electron chi connectivity index (χ0n) is 13.0. The van der Waals surface area contributed by atoms with Crippen LogP contribution in [0.2, 0.25) is 0 Å². The summed E-state index contributed by atoms with van der Waals surface area (Å²) in [6.45, 7) is 5.01. The van der Waals surface area contributed by atoms with Gasteiger partial charge in [-0.25, -0.2) is 4.39 Å². The Morgan fingerprint density at radius 1 is 1.29 bits per heavy atom. The number of nitrogens with zero attached hydrogens (tertiary/aromatic N) is 2. The van der Waals surface area contributed by atoms with E-state index in [1.807, 2.05) is 31.6 Å². The average Bonchev–Trinajstić information content (AvgIpc) is 2.85. The van der Waals surface area contributed by atoms with Gasteiger partial charge in [-0.05, 0) is 36.0 Å². The lowest BCUT2D eigenvalue weighted by atomic mass is 9.92. The third kappa shape index (κ3) is 4.67. The maximum absolute atomic E-state index is 14.0. The Kier molecular flexibility index (Phi) is 5.51. The van der Waals surface area contributed by atoms with Gasteiger partial charge >= 0.3 is 0 Å². The fraction of sp³-hybridized carbons (Fsp3) is 0.471. The van der Waals surface area contributed by atoms with Crippen LogP contribution in [-0.4, -0.2) is 22.4 Å². The maximum Gasteiger partial charge on any atom is 0.126 e. The molecule has 0 spiro atoms. The van der Waals surface area contributed by atoms with Crippen LogP contribution in [0.5, 0.6) is 0 Å². The van der Waals surface area contributed by atoms with Crippen LogP contribution in [0, 0.1) is 5.82 Å². The van der Waals surface area contributed by atoms with Gasteiger partial charge in [-0.2, -0.15) is 5.10 Å². The van der Waals surface area contributed by atoms with Crippen LogP contribution in [0.1, 0.15) is 37.3 Å². The first kappa shape index (κ1) is 15.7. The largest absolute Gasteiger partial charge is 0.314 e. The predicted molar refractivity (Wildman–Crippen MR) is 83.8 cm³/mol. The van der Waals surface area contributed by atoms with Crippen LogP contribution in [0.25, 0.3) is 0 Å². The Morgan fingerprint density at radius 2 is 2.05 bits per heavy atom. The SMILES string of the molecule is CC(C)NCC(CCc1cnn(C)c1)c1ccccc1F. The third-order valence-electron chi connectivity index (χ3n) is 3.66. The van der Waals surface area contributed by atoms with Crippen LogP contribution >= 0.6 is 0 Å². The van der Waals surface area contributed by atoms with Gasteiger partial charge in [0, 0.05) is 25.8 Å². The molecule has 0 bridgehead atoms. The highest BCUT2D eigenvalue weighted by Gasteiger charge is 2.16. The lowest BCUT2D eigenvalue weighted by Gasteiger charge is -2.20. The molecular formula is C17H24FN3. The van der Waals surface area contributed by atoms with Crippen LogP contribution in [0.3, 0.4) is 0 Å². The van der Waals surface area contributed by atoms with Crippen molar-refractivity contribution in [2.24, 2.45) is 7.05 Å². The Morgan fingerprint density at radius 3 is 2.67 bits per heavy atom. The van der Waals surface area contributed by atoms with Gasteiger partial charge in [-0.15, -0.1) is 0 Å². The van der Waals surface area contributed by atoms with Gasteiger partial charge in [-0.3, -0.25) is 4.68 Å². The molecule has 0 amide bonds. The van der Waals surface area contributed by atoms with Gasteiger partial charge in [0.1, 0.15) is 5.82 Å². The van der Waals surface area contributed by atoms with Crippen LogP contribution in [0.4, 0.5) is 4.39 Å². The summed E-state index contributed by atoms with van der Waals surface area (Å²) >= 11 is 0. The van der Waals surface area contributed by atoms with E-state index in [9.17, 15) is 4.39 Å². The highest BCUT2D eigenvalue weighted by Crippen LogP contribution is 2.24. The van der Waals surface area contributed by atoms with Gasteiger partial charge in [0.25, 0.3) is 0 Å². The van der Waals surface area contributed by atoms with Crippen molar-refractivity contribution in [2.45, 2.75) is 38.6 Å². The molecule has 0 saturated heterocycles. The standard InChI is InChI=1S/C17H24FN3/c1-13(2)19-11-15(16-6-4-5-7-17(16)18)9-8-14-10-20-21(3)12-14/h4-7,10,12-13,15,19H,8-9,11H2,1-3H3. The summed E-state index contributed by atoms with van der Waals surface area (Å²) in [7, 11) is 1.91. The minimum atomic E-state index is -0.112.